The molecule has 0 saturated heterocycles. The van der Waals surface area contributed by atoms with Crippen molar-refractivity contribution in [3.05, 3.63) is 59.7 Å². The number of methoxy groups -OCH3 is 1. The Morgan fingerprint density at radius 3 is 2.45 bits per heavy atom. The highest BCUT2D eigenvalue weighted by atomic mass is 16.5. The van der Waals surface area contributed by atoms with Crippen LogP contribution in [-0.2, 0) is 0 Å². The van der Waals surface area contributed by atoms with Crippen molar-refractivity contribution in [2.45, 2.75) is 6.92 Å². The first-order valence-corrected chi connectivity index (χ1v) is 6.56. The van der Waals surface area contributed by atoms with Gasteiger partial charge < -0.3 is 9.64 Å². The Labute approximate surface area is 119 Å². The lowest BCUT2D eigenvalue weighted by atomic mass is 10.0. The zero-order valence-corrected chi connectivity index (χ0v) is 12.1. The quantitative estimate of drug-likeness (QED) is 0.780. The van der Waals surface area contributed by atoms with Gasteiger partial charge in [-0.2, -0.15) is 0 Å². The molecule has 0 aromatic heterocycles. The second kappa shape index (κ2) is 6.24. The molecule has 0 aliphatic carbocycles. The molecule has 0 amide bonds. The molecule has 3 nitrogen and oxygen atoms in total. The van der Waals surface area contributed by atoms with Crippen LogP contribution >= 0.6 is 0 Å². The molecule has 2 aromatic rings. The van der Waals surface area contributed by atoms with E-state index in [-0.39, 0.29) is 5.78 Å². The van der Waals surface area contributed by atoms with Crippen LogP contribution in [0.25, 0.3) is 0 Å². The van der Waals surface area contributed by atoms with Crippen LogP contribution in [0.1, 0.15) is 15.9 Å². The highest BCUT2D eigenvalue weighted by Gasteiger charge is 2.14. The minimum Gasteiger partial charge on any atom is -0.495 e. The topological polar surface area (TPSA) is 29.5 Å². The SMILES string of the molecule is COc1ccccc1N(C)CC(=O)c1ccccc1C. The fourth-order valence-corrected chi connectivity index (χ4v) is 2.22. The van der Waals surface area contributed by atoms with E-state index in [9.17, 15) is 4.79 Å². The van der Waals surface area contributed by atoms with Gasteiger partial charge in [-0.1, -0.05) is 36.4 Å². The molecule has 0 aliphatic heterocycles. The van der Waals surface area contributed by atoms with Crippen LogP contribution in [0.3, 0.4) is 0 Å². The molecular formula is C17H19NO2. The minimum absolute atomic E-state index is 0.108. The Balaban J connectivity index is 2.18. The van der Waals surface area contributed by atoms with Crippen LogP contribution in [0, 0.1) is 6.92 Å². The molecule has 0 heterocycles. The number of para-hydroxylation sites is 2. The second-order valence-corrected chi connectivity index (χ2v) is 4.77. The van der Waals surface area contributed by atoms with Gasteiger partial charge in [0.05, 0.1) is 19.3 Å². The zero-order chi connectivity index (χ0) is 14.5. The van der Waals surface area contributed by atoms with Gasteiger partial charge in [-0.15, -0.1) is 0 Å². The van der Waals surface area contributed by atoms with E-state index in [0.29, 0.717) is 6.54 Å². The highest BCUT2D eigenvalue weighted by molar-refractivity contribution is 6.00. The normalized spacial score (nSPS) is 10.2. The number of anilines is 1. The van der Waals surface area contributed by atoms with E-state index >= 15 is 0 Å². The van der Waals surface area contributed by atoms with E-state index < -0.39 is 0 Å². The fourth-order valence-electron chi connectivity index (χ4n) is 2.22. The Bertz CT molecular complexity index is 607. The molecular weight excluding hydrogens is 250 g/mol. The maximum Gasteiger partial charge on any atom is 0.182 e. The maximum absolute atomic E-state index is 12.4. The van der Waals surface area contributed by atoms with Crippen molar-refractivity contribution < 1.29 is 9.53 Å². The van der Waals surface area contributed by atoms with E-state index in [4.69, 9.17) is 4.74 Å². The van der Waals surface area contributed by atoms with Gasteiger partial charge in [-0.05, 0) is 24.6 Å². The number of aryl methyl sites for hydroxylation is 1. The zero-order valence-electron chi connectivity index (χ0n) is 12.1. The largest absolute Gasteiger partial charge is 0.495 e. The number of nitrogens with zero attached hydrogens (tertiary/aromatic N) is 1. The van der Waals surface area contributed by atoms with E-state index in [1.807, 2.05) is 67.4 Å². The van der Waals surface area contributed by atoms with E-state index in [0.717, 1.165) is 22.6 Å². The lowest BCUT2D eigenvalue weighted by molar-refractivity contribution is 0.0999. The standard InChI is InChI=1S/C17H19NO2/c1-13-8-4-5-9-14(13)16(19)12-18(2)15-10-6-7-11-17(15)20-3/h4-11H,12H2,1-3H3. The molecule has 3 heteroatoms. The number of ether oxygens (including phenoxy) is 1. The molecule has 0 spiro atoms. The predicted molar refractivity (Wildman–Crippen MR) is 81.8 cm³/mol. The number of rotatable bonds is 5. The predicted octanol–water partition coefficient (Wildman–Crippen LogP) is 3.32. The Morgan fingerprint density at radius 1 is 1.10 bits per heavy atom. The van der Waals surface area contributed by atoms with Gasteiger partial charge in [0.15, 0.2) is 5.78 Å². The van der Waals surface area contributed by atoms with E-state index in [1.54, 1.807) is 7.11 Å². The second-order valence-electron chi connectivity index (χ2n) is 4.77. The molecule has 0 unspecified atom stereocenters. The van der Waals surface area contributed by atoms with Crippen molar-refractivity contribution in [3.8, 4) is 5.75 Å². The molecule has 2 aromatic carbocycles. The average Bonchev–Trinajstić information content (AvgIpc) is 2.47. The molecule has 0 aliphatic rings. The summed E-state index contributed by atoms with van der Waals surface area (Å²) >= 11 is 0. The summed E-state index contributed by atoms with van der Waals surface area (Å²) in [7, 11) is 3.53. The smallest absolute Gasteiger partial charge is 0.182 e. The van der Waals surface area contributed by atoms with Gasteiger partial charge in [-0.3, -0.25) is 4.79 Å². The third-order valence-corrected chi connectivity index (χ3v) is 3.32. The summed E-state index contributed by atoms with van der Waals surface area (Å²) in [4.78, 5) is 14.3. The fraction of sp³-hybridized carbons (Fsp3) is 0.235. The van der Waals surface area contributed by atoms with Crippen molar-refractivity contribution >= 4 is 11.5 Å². The van der Waals surface area contributed by atoms with E-state index in [1.165, 1.54) is 0 Å². The van der Waals surface area contributed by atoms with Crippen molar-refractivity contribution in [1.29, 1.82) is 0 Å². The molecule has 0 atom stereocenters. The molecule has 104 valence electrons. The summed E-state index contributed by atoms with van der Waals surface area (Å²) in [6.07, 6.45) is 0. The summed E-state index contributed by atoms with van der Waals surface area (Å²) in [5.41, 5.74) is 2.69. The molecule has 20 heavy (non-hydrogen) atoms. The average molecular weight is 269 g/mol. The van der Waals surface area contributed by atoms with Gasteiger partial charge in [0.1, 0.15) is 5.75 Å². The van der Waals surface area contributed by atoms with Crippen LogP contribution < -0.4 is 9.64 Å². The van der Waals surface area contributed by atoms with Crippen molar-refractivity contribution in [2.75, 3.05) is 25.6 Å². The summed E-state index contributed by atoms with van der Waals surface area (Å²) < 4.78 is 5.32. The van der Waals surface area contributed by atoms with Gasteiger partial charge in [0.2, 0.25) is 0 Å². The summed E-state index contributed by atoms with van der Waals surface area (Å²) in [5.74, 6) is 0.879. The molecule has 2 rings (SSSR count). The summed E-state index contributed by atoms with van der Waals surface area (Å²) in [6.45, 7) is 2.28. The first kappa shape index (κ1) is 14.1. The van der Waals surface area contributed by atoms with Crippen LogP contribution in [0.15, 0.2) is 48.5 Å². The Morgan fingerprint density at radius 2 is 1.75 bits per heavy atom. The maximum atomic E-state index is 12.4. The van der Waals surface area contributed by atoms with Crippen molar-refractivity contribution in [3.63, 3.8) is 0 Å². The van der Waals surface area contributed by atoms with Crippen molar-refractivity contribution in [1.82, 2.24) is 0 Å². The highest BCUT2D eigenvalue weighted by Crippen LogP contribution is 2.26. The third kappa shape index (κ3) is 2.99. The Hall–Kier alpha value is -2.29. The lowest BCUT2D eigenvalue weighted by Crippen LogP contribution is -2.26. The lowest BCUT2D eigenvalue weighted by Gasteiger charge is -2.21. The van der Waals surface area contributed by atoms with Crippen LogP contribution in [-0.4, -0.2) is 26.5 Å². The minimum atomic E-state index is 0.108. The van der Waals surface area contributed by atoms with Gasteiger partial charge >= 0.3 is 0 Å². The number of carbonyl (C=O) groups is 1. The number of benzene rings is 2. The van der Waals surface area contributed by atoms with Gasteiger partial charge in [0.25, 0.3) is 0 Å². The number of likely N-dealkylation sites (N-methyl/N-ethyl adjacent to an activating group) is 1. The number of Topliss-reactive ketones (excluding diaryl/α,β-unsaturated/α-hetero) is 1. The number of hydrogen-bond acceptors (Lipinski definition) is 3. The number of carbonyl (C=O) groups excluding carboxylic acids is 1. The first-order chi connectivity index (χ1) is 9.63. The molecule has 0 radical (unpaired) electrons. The number of hydrogen-bond donors (Lipinski definition) is 0. The third-order valence-electron chi connectivity index (χ3n) is 3.32. The Kier molecular flexibility index (Phi) is 4.41. The summed E-state index contributed by atoms with van der Waals surface area (Å²) in [6, 6.07) is 15.4. The molecule has 0 saturated carbocycles. The molecule has 0 N–H and O–H groups in total. The van der Waals surface area contributed by atoms with Crippen LogP contribution in [0.4, 0.5) is 5.69 Å². The van der Waals surface area contributed by atoms with Gasteiger partial charge in [-0.25, -0.2) is 0 Å². The number of ketones is 1. The van der Waals surface area contributed by atoms with Gasteiger partial charge in [0, 0.05) is 12.6 Å². The summed E-state index contributed by atoms with van der Waals surface area (Å²) in [5, 5.41) is 0. The van der Waals surface area contributed by atoms with Crippen LogP contribution in [0.5, 0.6) is 5.75 Å². The van der Waals surface area contributed by atoms with Crippen molar-refractivity contribution in [2.24, 2.45) is 0 Å². The van der Waals surface area contributed by atoms with Crippen LogP contribution in [0.2, 0.25) is 0 Å². The molecule has 0 fully saturated rings. The van der Waals surface area contributed by atoms with E-state index in [2.05, 4.69) is 0 Å². The monoisotopic (exact) mass is 269 g/mol. The molecule has 0 bridgehead atoms. The first-order valence-electron chi connectivity index (χ1n) is 6.56.